The zero-order valence-electron chi connectivity index (χ0n) is 11.5. The third kappa shape index (κ3) is 3.32. The van der Waals surface area contributed by atoms with Crippen molar-refractivity contribution in [2.45, 2.75) is 19.9 Å². The lowest BCUT2D eigenvalue weighted by Gasteiger charge is -2.09. The van der Waals surface area contributed by atoms with Crippen molar-refractivity contribution in [2.24, 2.45) is 5.73 Å². The number of nitro benzene ring substituents is 1. The molecule has 2 aromatic rings. The highest BCUT2D eigenvalue weighted by atomic mass is 19.1. The maximum absolute atomic E-state index is 13.8. The van der Waals surface area contributed by atoms with E-state index in [1.807, 2.05) is 6.92 Å². The lowest BCUT2D eigenvalue weighted by Crippen LogP contribution is -2.05. The monoisotopic (exact) mass is 291 g/mol. The SMILES string of the molecule is Cc1cc(Oc2ccc([C@H](C)N)cn2)c(F)cc1[N+](=O)[O-]. The summed E-state index contributed by atoms with van der Waals surface area (Å²) in [5, 5.41) is 10.7. The summed E-state index contributed by atoms with van der Waals surface area (Å²) in [7, 11) is 0. The summed E-state index contributed by atoms with van der Waals surface area (Å²) in [5.41, 5.74) is 6.54. The van der Waals surface area contributed by atoms with E-state index in [0.29, 0.717) is 5.56 Å². The van der Waals surface area contributed by atoms with Gasteiger partial charge in [0.1, 0.15) is 0 Å². The summed E-state index contributed by atoms with van der Waals surface area (Å²) in [6.07, 6.45) is 1.54. The van der Waals surface area contributed by atoms with Gasteiger partial charge in [-0.15, -0.1) is 0 Å². The fraction of sp³-hybridized carbons (Fsp3) is 0.214. The van der Waals surface area contributed by atoms with E-state index in [2.05, 4.69) is 4.98 Å². The Kier molecular flexibility index (Phi) is 4.13. The van der Waals surface area contributed by atoms with Crippen molar-refractivity contribution in [3.63, 3.8) is 0 Å². The molecule has 7 heteroatoms. The average Bonchev–Trinajstić information content (AvgIpc) is 2.42. The number of ether oxygens (including phenoxy) is 1. The summed E-state index contributed by atoms with van der Waals surface area (Å²) in [6, 6.07) is 5.23. The molecule has 0 aliphatic rings. The number of aromatic nitrogens is 1. The molecule has 0 aliphatic carbocycles. The number of halogens is 1. The van der Waals surface area contributed by atoms with Crippen molar-refractivity contribution in [3.8, 4) is 11.6 Å². The van der Waals surface area contributed by atoms with Crippen LogP contribution in [0.1, 0.15) is 24.1 Å². The highest BCUT2D eigenvalue weighted by Crippen LogP contribution is 2.29. The summed E-state index contributed by atoms with van der Waals surface area (Å²) in [6.45, 7) is 3.33. The molecule has 0 bridgehead atoms. The number of hydrogen-bond donors (Lipinski definition) is 1. The molecule has 1 aromatic carbocycles. The van der Waals surface area contributed by atoms with E-state index in [1.54, 1.807) is 12.1 Å². The van der Waals surface area contributed by atoms with E-state index >= 15 is 0 Å². The Bertz CT molecular complexity index is 672. The van der Waals surface area contributed by atoms with E-state index < -0.39 is 10.7 Å². The fourth-order valence-corrected chi connectivity index (χ4v) is 1.75. The second kappa shape index (κ2) is 5.84. The minimum absolute atomic E-state index is 0.112. The number of hydrogen-bond acceptors (Lipinski definition) is 5. The zero-order chi connectivity index (χ0) is 15.6. The summed E-state index contributed by atoms with van der Waals surface area (Å²) < 4.78 is 19.1. The van der Waals surface area contributed by atoms with Crippen LogP contribution in [0.3, 0.4) is 0 Å². The van der Waals surface area contributed by atoms with Gasteiger partial charge in [0.05, 0.1) is 11.0 Å². The van der Waals surface area contributed by atoms with Crippen LogP contribution in [-0.2, 0) is 0 Å². The summed E-state index contributed by atoms with van der Waals surface area (Å²) in [5.74, 6) is -0.740. The van der Waals surface area contributed by atoms with Crippen LogP contribution >= 0.6 is 0 Å². The number of rotatable bonds is 4. The number of nitrogens with zero attached hydrogens (tertiary/aromatic N) is 2. The molecule has 0 amide bonds. The Hall–Kier alpha value is -2.54. The van der Waals surface area contributed by atoms with Crippen LogP contribution in [-0.4, -0.2) is 9.91 Å². The standard InChI is InChI=1S/C14H14FN3O3/c1-8-5-13(11(15)6-12(8)18(19)20)21-14-4-3-10(7-17-14)9(2)16/h3-7,9H,16H2,1-2H3/t9-/m0/s1. The minimum atomic E-state index is -0.814. The Morgan fingerprint density at radius 2 is 2.14 bits per heavy atom. The first kappa shape index (κ1) is 14.9. The van der Waals surface area contributed by atoms with E-state index in [4.69, 9.17) is 10.5 Å². The van der Waals surface area contributed by atoms with Gasteiger partial charge >= 0.3 is 0 Å². The number of nitro groups is 1. The molecule has 0 fully saturated rings. The van der Waals surface area contributed by atoms with Crippen LogP contribution in [0.15, 0.2) is 30.5 Å². The van der Waals surface area contributed by atoms with E-state index in [1.165, 1.54) is 19.2 Å². The van der Waals surface area contributed by atoms with Gasteiger partial charge in [0.25, 0.3) is 5.69 Å². The first-order valence-electron chi connectivity index (χ1n) is 6.22. The molecule has 110 valence electrons. The third-order valence-electron chi connectivity index (χ3n) is 2.95. The van der Waals surface area contributed by atoms with Crippen LogP contribution in [0.25, 0.3) is 0 Å². The lowest BCUT2D eigenvalue weighted by molar-refractivity contribution is -0.385. The van der Waals surface area contributed by atoms with Gasteiger partial charge in [0, 0.05) is 23.9 Å². The van der Waals surface area contributed by atoms with Gasteiger partial charge < -0.3 is 10.5 Å². The van der Waals surface area contributed by atoms with Crippen LogP contribution in [0, 0.1) is 22.9 Å². The van der Waals surface area contributed by atoms with Gasteiger partial charge in [-0.3, -0.25) is 10.1 Å². The number of pyridine rings is 1. The quantitative estimate of drug-likeness (QED) is 0.689. The van der Waals surface area contributed by atoms with Crippen molar-refractivity contribution in [2.75, 3.05) is 0 Å². The van der Waals surface area contributed by atoms with Crippen LogP contribution in [0.2, 0.25) is 0 Å². The molecule has 1 heterocycles. The second-order valence-corrected chi connectivity index (χ2v) is 4.65. The molecule has 0 radical (unpaired) electrons. The molecule has 2 N–H and O–H groups in total. The van der Waals surface area contributed by atoms with Crippen molar-refractivity contribution < 1.29 is 14.1 Å². The lowest BCUT2D eigenvalue weighted by atomic mass is 10.1. The highest BCUT2D eigenvalue weighted by Gasteiger charge is 2.17. The van der Waals surface area contributed by atoms with Gasteiger partial charge in [0.15, 0.2) is 11.6 Å². The smallest absolute Gasteiger partial charge is 0.275 e. The molecule has 0 saturated carbocycles. The fourth-order valence-electron chi connectivity index (χ4n) is 1.75. The van der Waals surface area contributed by atoms with Crippen LogP contribution in [0.4, 0.5) is 10.1 Å². The average molecular weight is 291 g/mol. The Morgan fingerprint density at radius 3 is 2.67 bits per heavy atom. The Balaban J connectivity index is 2.27. The van der Waals surface area contributed by atoms with Gasteiger partial charge in [-0.1, -0.05) is 6.07 Å². The molecule has 2 rings (SSSR count). The molecular formula is C14H14FN3O3. The van der Waals surface area contributed by atoms with E-state index in [0.717, 1.165) is 11.6 Å². The number of nitrogens with two attached hydrogens (primary N) is 1. The van der Waals surface area contributed by atoms with Gasteiger partial charge in [-0.2, -0.15) is 0 Å². The molecule has 6 nitrogen and oxygen atoms in total. The number of benzene rings is 1. The van der Waals surface area contributed by atoms with Gasteiger partial charge in [-0.05, 0) is 25.5 Å². The largest absolute Gasteiger partial charge is 0.436 e. The summed E-state index contributed by atoms with van der Waals surface area (Å²) in [4.78, 5) is 14.1. The first-order chi connectivity index (χ1) is 9.88. The third-order valence-corrected chi connectivity index (χ3v) is 2.95. The minimum Gasteiger partial charge on any atom is -0.436 e. The molecule has 0 spiro atoms. The highest BCUT2D eigenvalue weighted by molar-refractivity contribution is 5.46. The van der Waals surface area contributed by atoms with Crippen LogP contribution in [0.5, 0.6) is 11.6 Å². The molecule has 1 aromatic heterocycles. The van der Waals surface area contributed by atoms with Crippen LogP contribution < -0.4 is 10.5 Å². The van der Waals surface area contributed by atoms with Gasteiger partial charge in [-0.25, -0.2) is 9.37 Å². The predicted octanol–water partition coefficient (Wildman–Crippen LogP) is 3.25. The normalized spacial score (nSPS) is 12.0. The number of aryl methyl sites for hydroxylation is 1. The molecule has 21 heavy (non-hydrogen) atoms. The summed E-state index contributed by atoms with van der Waals surface area (Å²) >= 11 is 0. The van der Waals surface area contributed by atoms with E-state index in [-0.39, 0.29) is 23.4 Å². The Labute approximate surface area is 120 Å². The maximum atomic E-state index is 13.8. The van der Waals surface area contributed by atoms with Crippen molar-refractivity contribution in [1.82, 2.24) is 4.98 Å². The predicted molar refractivity (Wildman–Crippen MR) is 74.7 cm³/mol. The van der Waals surface area contributed by atoms with Crippen molar-refractivity contribution >= 4 is 5.69 Å². The molecule has 0 saturated heterocycles. The zero-order valence-corrected chi connectivity index (χ0v) is 11.5. The second-order valence-electron chi connectivity index (χ2n) is 4.65. The van der Waals surface area contributed by atoms with Crippen molar-refractivity contribution in [1.29, 1.82) is 0 Å². The van der Waals surface area contributed by atoms with E-state index in [9.17, 15) is 14.5 Å². The van der Waals surface area contributed by atoms with Crippen molar-refractivity contribution in [3.05, 3.63) is 57.5 Å². The molecule has 0 aliphatic heterocycles. The Morgan fingerprint density at radius 1 is 1.43 bits per heavy atom. The molecule has 0 unspecified atom stereocenters. The van der Waals surface area contributed by atoms with Gasteiger partial charge in [0.2, 0.25) is 5.88 Å². The molecular weight excluding hydrogens is 277 g/mol. The topological polar surface area (TPSA) is 91.3 Å². The first-order valence-corrected chi connectivity index (χ1v) is 6.22. The molecule has 1 atom stereocenters. The maximum Gasteiger partial charge on any atom is 0.275 e.